The standard InChI is InChI=1S/C14H13N3OS/c1-9-6-12(8-16-7-9)17-14(18)11-4-2-10(3-5-11)13(15)19/h2-8H,1H3,(H2,15,19)(H,17,18). The van der Waals surface area contributed by atoms with Gasteiger partial charge < -0.3 is 11.1 Å². The molecule has 1 heterocycles. The average Bonchev–Trinajstić information content (AvgIpc) is 2.39. The molecule has 0 unspecified atom stereocenters. The normalized spacial score (nSPS) is 9.95. The van der Waals surface area contributed by atoms with Crippen molar-refractivity contribution in [2.45, 2.75) is 6.92 Å². The Labute approximate surface area is 116 Å². The van der Waals surface area contributed by atoms with Crippen molar-refractivity contribution in [2.24, 2.45) is 5.73 Å². The number of nitrogens with two attached hydrogens (primary N) is 1. The lowest BCUT2D eigenvalue weighted by atomic mass is 10.1. The molecule has 1 aromatic heterocycles. The van der Waals surface area contributed by atoms with Crippen molar-refractivity contribution < 1.29 is 4.79 Å². The fourth-order valence-electron chi connectivity index (χ4n) is 1.61. The number of rotatable bonds is 3. The summed E-state index contributed by atoms with van der Waals surface area (Å²) in [7, 11) is 0. The maximum absolute atomic E-state index is 12.0. The van der Waals surface area contributed by atoms with E-state index in [1.807, 2.05) is 13.0 Å². The topological polar surface area (TPSA) is 68.0 Å². The summed E-state index contributed by atoms with van der Waals surface area (Å²) >= 11 is 4.86. The molecule has 0 fully saturated rings. The number of thiocarbonyl (C=S) groups is 1. The molecule has 2 aromatic rings. The van der Waals surface area contributed by atoms with Gasteiger partial charge in [0.2, 0.25) is 0 Å². The number of carbonyl (C=O) groups is 1. The van der Waals surface area contributed by atoms with Gasteiger partial charge >= 0.3 is 0 Å². The molecule has 1 amide bonds. The summed E-state index contributed by atoms with van der Waals surface area (Å²) in [4.78, 5) is 16.3. The number of aromatic nitrogens is 1. The lowest BCUT2D eigenvalue weighted by molar-refractivity contribution is 0.102. The average molecular weight is 271 g/mol. The summed E-state index contributed by atoms with van der Waals surface area (Å²) in [5.74, 6) is -0.193. The van der Waals surface area contributed by atoms with Crippen LogP contribution in [0.2, 0.25) is 0 Å². The molecule has 0 saturated heterocycles. The van der Waals surface area contributed by atoms with E-state index in [0.29, 0.717) is 16.2 Å². The van der Waals surface area contributed by atoms with E-state index >= 15 is 0 Å². The zero-order valence-corrected chi connectivity index (χ0v) is 11.2. The molecule has 0 atom stereocenters. The highest BCUT2D eigenvalue weighted by atomic mass is 32.1. The summed E-state index contributed by atoms with van der Waals surface area (Å²) in [6, 6.07) is 8.69. The molecule has 96 valence electrons. The fraction of sp³-hybridized carbons (Fsp3) is 0.0714. The van der Waals surface area contributed by atoms with Crippen molar-refractivity contribution in [3.63, 3.8) is 0 Å². The second kappa shape index (κ2) is 5.58. The minimum Gasteiger partial charge on any atom is -0.389 e. The molecule has 2 rings (SSSR count). The van der Waals surface area contributed by atoms with Crippen LogP contribution in [0.1, 0.15) is 21.5 Å². The minimum atomic E-state index is -0.193. The van der Waals surface area contributed by atoms with Crippen molar-refractivity contribution in [3.8, 4) is 0 Å². The van der Waals surface area contributed by atoms with E-state index in [1.165, 1.54) is 0 Å². The fourth-order valence-corrected chi connectivity index (χ4v) is 1.75. The lowest BCUT2D eigenvalue weighted by Crippen LogP contribution is -2.13. The highest BCUT2D eigenvalue weighted by Crippen LogP contribution is 2.10. The molecule has 4 nitrogen and oxygen atoms in total. The van der Waals surface area contributed by atoms with Gasteiger partial charge in [-0.25, -0.2) is 0 Å². The molecular weight excluding hydrogens is 258 g/mol. The van der Waals surface area contributed by atoms with Crippen LogP contribution >= 0.6 is 12.2 Å². The monoisotopic (exact) mass is 271 g/mol. The molecule has 0 bridgehead atoms. The Balaban J connectivity index is 2.14. The Morgan fingerprint density at radius 3 is 2.42 bits per heavy atom. The Hall–Kier alpha value is -2.27. The first kappa shape index (κ1) is 13.2. The number of nitrogens with zero attached hydrogens (tertiary/aromatic N) is 1. The maximum atomic E-state index is 12.0. The highest BCUT2D eigenvalue weighted by Gasteiger charge is 2.06. The molecule has 0 aliphatic rings. The van der Waals surface area contributed by atoms with Crippen LogP contribution in [0.25, 0.3) is 0 Å². The number of benzene rings is 1. The molecule has 19 heavy (non-hydrogen) atoms. The van der Waals surface area contributed by atoms with Crippen molar-refractivity contribution in [1.82, 2.24) is 4.98 Å². The number of hydrogen-bond acceptors (Lipinski definition) is 3. The van der Waals surface area contributed by atoms with E-state index in [4.69, 9.17) is 18.0 Å². The molecule has 0 radical (unpaired) electrons. The third-order valence-corrected chi connectivity index (χ3v) is 2.80. The van der Waals surface area contributed by atoms with Gasteiger partial charge in [-0.15, -0.1) is 0 Å². The number of nitrogens with one attached hydrogen (secondary N) is 1. The second-order valence-corrected chi connectivity index (χ2v) is 4.59. The van der Waals surface area contributed by atoms with Crippen molar-refractivity contribution >= 4 is 28.8 Å². The Morgan fingerprint density at radius 2 is 1.84 bits per heavy atom. The third-order valence-electron chi connectivity index (χ3n) is 2.56. The number of hydrogen-bond donors (Lipinski definition) is 2. The second-order valence-electron chi connectivity index (χ2n) is 4.15. The summed E-state index contributed by atoms with van der Waals surface area (Å²) in [5.41, 5.74) is 8.44. The van der Waals surface area contributed by atoms with Gasteiger partial charge in [-0.3, -0.25) is 9.78 Å². The summed E-state index contributed by atoms with van der Waals surface area (Å²) in [6.45, 7) is 1.92. The van der Waals surface area contributed by atoms with E-state index in [0.717, 1.165) is 11.1 Å². The number of aryl methyl sites for hydroxylation is 1. The third kappa shape index (κ3) is 3.35. The van der Waals surface area contributed by atoms with E-state index < -0.39 is 0 Å². The van der Waals surface area contributed by atoms with Gasteiger partial charge in [-0.1, -0.05) is 24.4 Å². The molecule has 0 aliphatic carbocycles. The van der Waals surface area contributed by atoms with Crippen LogP contribution in [-0.4, -0.2) is 15.9 Å². The Bertz CT molecular complexity index is 623. The van der Waals surface area contributed by atoms with Crippen molar-refractivity contribution in [2.75, 3.05) is 5.32 Å². The van der Waals surface area contributed by atoms with Crippen LogP contribution < -0.4 is 11.1 Å². The predicted molar refractivity (Wildman–Crippen MR) is 79.3 cm³/mol. The molecule has 0 spiro atoms. The van der Waals surface area contributed by atoms with Crippen LogP contribution in [-0.2, 0) is 0 Å². The van der Waals surface area contributed by atoms with E-state index in [1.54, 1.807) is 36.7 Å². The van der Waals surface area contributed by atoms with Gasteiger partial charge in [0.05, 0.1) is 11.9 Å². The molecule has 3 N–H and O–H groups in total. The first-order valence-electron chi connectivity index (χ1n) is 5.69. The predicted octanol–water partition coefficient (Wildman–Crippen LogP) is 2.28. The van der Waals surface area contributed by atoms with Crippen LogP contribution in [0.4, 0.5) is 5.69 Å². The molecular formula is C14H13N3OS. The summed E-state index contributed by atoms with van der Waals surface area (Å²) in [5, 5.41) is 2.78. The number of pyridine rings is 1. The largest absolute Gasteiger partial charge is 0.389 e. The van der Waals surface area contributed by atoms with E-state index in [-0.39, 0.29) is 5.91 Å². The smallest absolute Gasteiger partial charge is 0.255 e. The molecule has 0 aliphatic heterocycles. The minimum absolute atomic E-state index is 0.193. The van der Waals surface area contributed by atoms with Crippen LogP contribution in [0.3, 0.4) is 0 Å². The molecule has 5 heteroatoms. The van der Waals surface area contributed by atoms with Gasteiger partial charge in [0.25, 0.3) is 5.91 Å². The van der Waals surface area contributed by atoms with Gasteiger partial charge in [-0.2, -0.15) is 0 Å². The van der Waals surface area contributed by atoms with Crippen LogP contribution in [0, 0.1) is 6.92 Å². The lowest BCUT2D eigenvalue weighted by Gasteiger charge is -2.06. The molecule has 1 aromatic carbocycles. The van der Waals surface area contributed by atoms with Gasteiger partial charge in [0, 0.05) is 17.3 Å². The molecule has 0 saturated carbocycles. The quantitative estimate of drug-likeness (QED) is 0.840. The Morgan fingerprint density at radius 1 is 1.21 bits per heavy atom. The number of amides is 1. The number of anilines is 1. The zero-order chi connectivity index (χ0) is 13.8. The van der Waals surface area contributed by atoms with E-state index in [9.17, 15) is 4.79 Å². The van der Waals surface area contributed by atoms with Crippen LogP contribution in [0.15, 0.2) is 42.7 Å². The van der Waals surface area contributed by atoms with Crippen molar-refractivity contribution in [1.29, 1.82) is 0 Å². The zero-order valence-electron chi connectivity index (χ0n) is 10.4. The number of carbonyl (C=O) groups excluding carboxylic acids is 1. The van der Waals surface area contributed by atoms with Crippen molar-refractivity contribution in [3.05, 3.63) is 59.4 Å². The van der Waals surface area contributed by atoms with Gasteiger partial charge in [-0.05, 0) is 30.7 Å². The summed E-state index contributed by atoms with van der Waals surface area (Å²) in [6.07, 6.45) is 3.33. The van der Waals surface area contributed by atoms with Gasteiger partial charge in [0.1, 0.15) is 4.99 Å². The Kier molecular flexibility index (Phi) is 3.87. The summed E-state index contributed by atoms with van der Waals surface area (Å²) < 4.78 is 0. The first-order chi connectivity index (χ1) is 9.06. The highest BCUT2D eigenvalue weighted by molar-refractivity contribution is 7.80. The SMILES string of the molecule is Cc1cncc(NC(=O)c2ccc(C(N)=S)cc2)c1. The first-order valence-corrected chi connectivity index (χ1v) is 6.10. The maximum Gasteiger partial charge on any atom is 0.255 e. The van der Waals surface area contributed by atoms with Gasteiger partial charge in [0.15, 0.2) is 0 Å². The van der Waals surface area contributed by atoms with E-state index in [2.05, 4.69) is 10.3 Å². The van der Waals surface area contributed by atoms with Crippen LogP contribution in [0.5, 0.6) is 0 Å².